The van der Waals surface area contributed by atoms with Crippen LogP contribution < -0.4 is 0 Å². The Morgan fingerprint density at radius 2 is 1.90 bits per heavy atom. The number of rotatable bonds is 6. The minimum absolute atomic E-state index is 0. The van der Waals surface area contributed by atoms with Gasteiger partial charge in [0.25, 0.3) is 0 Å². The third-order valence-electron chi connectivity index (χ3n) is 2.73. The van der Waals surface area contributed by atoms with E-state index in [1.54, 1.807) is 13.8 Å². The molecule has 0 heterocycles. The molecular formula is C13H27BaO5P. The monoisotopic (exact) mass is 432 g/mol. The third-order valence-corrected chi connectivity index (χ3v) is 4.16. The summed E-state index contributed by atoms with van der Waals surface area (Å²) in [4.78, 5) is 0. The maximum absolute atomic E-state index is 12.2. The standard InChI is InChI=1S/C13H26O5P.Ba.H/c1-9(2)16-11-7-6-8-12(13(11)14)18-19(5,15)17-10(3)4;;/h8-14H,6-7H2,1-5H3;;/q-1;+2;-1. The van der Waals surface area contributed by atoms with Gasteiger partial charge < -0.3 is 20.3 Å². The van der Waals surface area contributed by atoms with Crippen molar-refractivity contribution in [1.82, 2.24) is 0 Å². The summed E-state index contributed by atoms with van der Waals surface area (Å²) in [5.41, 5.74) is 0. The topological polar surface area (TPSA) is 65.0 Å². The summed E-state index contributed by atoms with van der Waals surface area (Å²) in [6.07, 6.45) is 1.52. The Bertz CT molecular complexity index is 330. The van der Waals surface area contributed by atoms with E-state index in [4.69, 9.17) is 13.8 Å². The van der Waals surface area contributed by atoms with Crippen LogP contribution in [0, 0.1) is 6.42 Å². The average Bonchev–Trinajstić information content (AvgIpc) is 2.21. The van der Waals surface area contributed by atoms with Gasteiger partial charge in [0.2, 0.25) is 0 Å². The van der Waals surface area contributed by atoms with Crippen LogP contribution in [-0.2, 0) is 18.3 Å². The van der Waals surface area contributed by atoms with Gasteiger partial charge in [-0.2, -0.15) is 6.42 Å². The van der Waals surface area contributed by atoms with Crippen molar-refractivity contribution in [2.75, 3.05) is 6.66 Å². The molecule has 1 fully saturated rings. The van der Waals surface area contributed by atoms with Crippen LogP contribution in [0.4, 0.5) is 0 Å². The van der Waals surface area contributed by atoms with Crippen LogP contribution in [0.15, 0.2) is 0 Å². The van der Waals surface area contributed by atoms with E-state index < -0.39 is 19.8 Å². The zero-order chi connectivity index (χ0) is 14.6. The van der Waals surface area contributed by atoms with Gasteiger partial charge >= 0.3 is 56.5 Å². The number of aliphatic hydroxyl groups is 1. The van der Waals surface area contributed by atoms with Crippen molar-refractivity contribution < 1.29 is 24.9 Å². The van der Waals surface area contributed by atoms with Crippen LogP contribution in [0.3, 0.4) is 0 Å². The Morgan fingerprint density at radius 1 is 1.30 bits per heavy atom. The Kier molecular flexibility index (Phi) is 10.5. The quantitative estimate of drug-likeness (QED) is 0.398. The van der Waals surface area contributed by atoms with E-state index in [0.29, 0.717) is 0 Å². The van der Waals surface area contributed by atoms with Gasteiger partial charge in [-0.05, 0) is 33.8 Å². The van der Waals surface area contributed by atoms with Crippen molar-refractivity contribution in [1.29, 1.82) is 0 Å². The molecule has 1 N–H and O–H groups in total. The molecule has 1 aliphatic carbocycles. The molecule has 5 nitrogen and oxygen atoms in total. The van der Waals surface area contributed by atoms with Crippen molar-refractivity contribution >= 4 is 56.5 Å². The SMILES string of the molecule is CC(C)OC1CC[CH-]C(OP(C)(=O)OC(C)C)C1O.[Ba+2].[H-]. The molecule has 116 valence electrons. The maximum atomic E-state index is 12.2. The van der Waals surface area contributed by atoms with Gasteiger partial charge in [0.05, 0.1) is 24.4 Å². The van der Waals surface area contributed by atoms with E-state index in [0.717, 1.165) is 12.8 Å². The summed E-state index contributed by atoms with van der Waals surface area (Å²) in [6, 6.07) is 0. The predicted octanol–water partition coefficient (Wildman–Crippen LogP) is 2.50. The van der Waals surface area contributed by atoms with Gasteiger partial charge in [-0.25, -0.2) is 0 Å². The summed E-state index contributed by atoms with van der Waals surface area (Å²) < 4.78 is 28.5. The fraction of sp³-hybridized carbons (Fsp3) is 0.923. The Labute approximate surface area is 164 Å². The molecule has 0 radical (unpaired) electrons. The molecule has 4 unspecified atom stereocenters. The molecule has 1 aliphatic rings. The molecule has 0 aromatic rings. The molecule has 0 aromatic carbocycles. The number of aliphatic hydroxyl groups excluding tert-OH is 1. The van der Waals surface area contributed by atoms with E-state index in [-0.39, 0.29) is 68.6 Å². The molecule has 1 saturated carbocycles. The Morgan fingerprint density at radius 3 is 2.40 bits per heavy atom. The fourth-order valence-corrected chi connectivity index (χ4v) is 3.65. The van der Waals surface area contributed by atoms with Crippen LogP contribution in [0.2, 0.25) is 0 Å². The zero-order valence-corrected chi connectivity index (χ0v) is 18.4. The molecule has 1 rings (SSSR count). The first kappa shape index (κ1) is 21.6. The van der Waals surface area contributed by atoms with E-state index in [9.17, 15) is 9.67 Å². The molecule has 0 saturated heterocycles. The minimum Gasteiger partial charge on any atom is -1.00 e. The first-order chi connectivity index (χ1) is 8.71. The van der Waals surface area contributed by atoms with Crippen molar-refractivity contribution in [2.45, 2.75) is 71.1 Å². The van der Waals surface area contributed by atoms with Crippen molar-refractivity contribution in [3.05, 3.63) is 6.42 Å². The second-order valence-electron chi connectivity index (χ2n) is 5.52. The molecule has 0 amide bonds. The van der Waals surface area contributed by atoms with Crippen LogP contribution in [0.5, 0.6) is 0 Å². The summed E-state index contributed by atoms with van der Waals surface area (Å²) in [6.45, 7) is 8.87. The first-order valence-electron chi connectivity index (χ1n) is 6.82. The van der Waals surface area contributed by atoms with Crippen molar-refractivity contribution in [2.24, 2.45) is 0 Å². The predicted molar refractivity (Wildman–Crippen MR) is 81.0 cm³/mol. The second-order valence-corrected chi connectivity index (χ2v) is 7.49. The molecule has 20 heavy (non-hydrogen) atoms. The van der Waals surface area contributed by atoms with Gasteiger partial charge in [-0.15, -0.1) is 0 Å². The molecule has 0 aliphatic heterocycles. The number of hydrogen-bond donors (Lipinski definition) is 1. The Balaban J connectivity index is 0. The number of hydrogen-bond acceptors (Lipinski definition) is 5. The van der Waals surface area contributed by atoms with Gasteiger partial charge in [0.15, 0.2) is 0 Å². The zero-order valence-electron chi connectivity index (χ0n) is 14.1. The van der Waals surface area contributed by atoms with Gasteiger partial charge in [-0.1, -0.05) is 6.42 Å². The molecular weight excluding hydrogens is 404 g/mol. The van der Waals surface area contributed by atoms with Crippen LogP contribution >= 0.6 is 7.60 Å². The second kappa shape index (κ2) is 9.71. The van der Waals surface area contributed by atoms with Gasteiger partial charge in [0.1, 0.15) is 0 Å². The normalized spacial score (nSPS) is 30.1. The maximum Gasteiger partial charge on any atom is 2.00 e. The average molecular weight is 432 g/mol. The summed E-state index contributed by atoms with van der Waals surface area (Å²) in [5, 5.41) is 10.2. The van der Waals surface area contributed by atoms with Crippen LogP contribution in [-0.4, -0.2) is 91.2 Å². The smallest absolute Gasteiger partial charge is 1.00 e. The summed E-state index contributed by atoms with van der Waals surface area (Å²) >= 11 is 0. The largest absolute Gasteiger partial charge is 2.00 e. The fourth-order valence-electron chi connectivity index (χ4n) is 2.18. The number of ether oxygens (including phenoxy) is 1. The van der Waals surface area contributed by atoms with E-state index >= 15 is 0 Å². The van der Waals surface area contributed by atoms with E-state index in [1.165, 1.54) is 6.66 Å². The minimum atomic E-state index is -3.16. The Hall–Kier alpha value is 1.64. The molecule has 0 spiro atoms. The molecule has 4 atom stereocenters. The third kappa shape index (κ3) is 7.77. The summed E-state index contributed by atoms with van der Waals surface area (Å²) in [7, 11) is -3.16. The van der Waals surface area contributed by atoms with E-state index in [1.807, 2.05) is 20.3 Å². The van der Waals surface area contributed by atoms with Crippen molar-refractivity contribution in [3.8, 4) is 0 Å². The van der Waals surface area contributed by atoms with E-state index in [2.05, 4.69) is 0 Å². The van der Waals surface area contributed by atoms with Crippen molar-refractivity contribution in [3.63, 3.8) is 0 Å². The van der Waals surface area contributed by atoms with Crippen LogP contribution in [0.1, 0.15) is 42.0 Å². The van der Waals surface area contributed by atoms with Gasteiger partial charge in [0, 0.05) is 6.66 Å². The first-order valence-corrected chi connectivity index (χ1v) is 8.81. The summed E-state index contributed by atoms with van der Waals surface area (Å²) in [5.74, 6) is 0. The van der Waals surface area contributed by atoms with Crippen LogP contribution in [0.25, 0.3) is 0 Å². The molecule has 7 heteroatoms. The molecule has 0 aromatic heterocycles. The van der Waals surface area contributed by atoms with Gasteiger partial charge in [-0.3, -0.25) is 11.0 Å². The molecule has 0 bridgehead atoms.